The molecule has 0 radical (unpaired) electrons. The van der Waals surface area contributed by atoms with Crippen molar-refractivity contribution in [1.29, 1.82) is 0 Å². The molecule has 0 aliphatic carbocycles. The maximum Gasteiger partial charge on any atom is 0.0237 e. The summed E-state index contributed by atoms with van der Waals surface area (Å²) in [5, 5.41) is 0. The molecule has 1 nitrogen and oxygen atoms in total. The van der Waals surface area contributed by atoms with Crippen LogP contribution in [0.2, 0.25) is 0 Å². The van der Waals surface area contributed by atoms with Crippen molar-refractivity contribution in [3.05, 3.63) is 107 Å². The summed E-state index contributed by atoms with van der Waals surface area (Å²) in [7, 11) is 0. The lowest BCUT2D eigenvalue weighted by Gasteiger charge is -2.23. The molecule has 3 aromatic carbocycles. The Labute approximate surface area is 158 Å². The van der Waals surface area contributed by atoms with Crippen molar-refractivity contribution >= 4 is 0 Å². The Morgan fingerprint density at radius 3 is 2.04 bits per heavy atom. The number of hydrogen-bond donors (Lipinski definition) is 0. The Bertz CT molecular complexity index is 790. The molecule has 0 bridgehead atoms. The first-order valence-electron chi connectivity index (χ1n) is 9.56. The monoisotopic (exact) mass is 343 g/mol. The Morgan fingerprint density at radius 2 is 1.31 bits per heavy atom. The Hall–Kier alpha value is -2.38. The molecule has 26 heavy (non-hydrogen) atoms. The van der Waals surface area contributed by atoms with Crippen LogP contribution >= 0.6 is 0 Å². The second kappa shape index (κ2) is 9.35. The van der Waals surface area contributed by atoms with Gasteiger partial charge in [-0.2, -0.15) is 0 Å². The average Bonchev–Trinajstić information content (AvgIpc) is 2.64. The topological polar surface area (TPSA) is 3.24 Å². The molecule has 0 aromatic heterocycles. The van der Waals surface area contributed by atoms with Gasteiger partial charge in [0.15, 0.2) is 0 Å². The molecular formula is C25H29N. The molecule has 0 heterocycles. The third-order valence-electron chi connectivity index (χ3n) is 4.80. The Kier molecular flexibility index (Phi) is 6.62. The third-order valence-corrected chi connectivity index (χ3v) is 4.80. The van der Waals surface area contributed by atoms with Crippen molar-refractivity contribution in [2.45, 2.75) is 39.8 Å². The van der Waals surface area contributed by atoms with Crippen molar-refractivity contribution in [2.75, 3.05) is 6.54 Å². The van der Waals surface area contributed by atoms with Gasteiger partial charge in [0, 0.05) is 13.1 Å². The molecule has 0 aliphatic heterocycles. The minimum atomic E-state index is 1.00. The van der Waals surface area contributed by atoms with Gasteiger partial charge < -0.3 is 0 Å². The van der Waals surface area contributed by atoms with E-state index in [2.05, 4.69) is 97.6 Å². The predicted octanol–water partition coefficient (Wildman–Crippen LogP) is 5.94. The van der Waals surface area contributed by atoms with Gasteiger partial charge in [0.05, 0.1) is 0 Å². The van der Waals surface area contributed by atoms with E-state index >= 15 is 0 Å². The van der Waals surface area contributed by atoms with Gasteiger partial charge in [0.1, 0.15) is 0 Å². The van der Waals surface area contributed by atoms with Crippen LogP contribution in [0.15, 0.2) is 78.9 Å². The number of aryl methyl sites for hydroxylation is 3. The molecule has 0 N–H and O–H groups in total. The molecule has 0 aliphatic rings. The molecular weight excluding hydrogens is 314 g/mol. The maximum absolute atomic E-state index is 2.57. The molecule has 0 saturated carbocycles. The van der Waals surface area contributed by atoms with E-state index in [1.165, 1.54) is 34.2 Å². The van der Waals surface area contributed by atoms with E-state index in [0.717, 1.165) is 26.1 Å². The fraction of sp³-hybridized carbons (Fsp3) is 0.280. The lowest BCUT2D eigenvalue weighted by molar-refractivity contribution is 0.253. The first-order valence-corrected chi connectivity index (χ1v) is 9.56. The van der Waals surface area contributed by atoms with Crippen LogP contribution in [0.5, 0.6) is 0 Å². The van der Waals surface area contributed by atoms with Crippen LogP contribution in [0.25, 0.3) is 0 Å². The second-order valence-electron chi connectivity index (χ2n) is 7.27. The van der Waals surface area contributed by atoms with E-state index in [0.29, 0.717) is 0 Å². The SMILES string of the molecule is Cc1ccc(CN(CCCc2ccccc2)Cc2cccc(C)c2)cc1. The molecule has 1 heteroatoms. The van der Waals surface area contributed by atoms with E-state index < -0.39 is 0 Å². The van der Waals surface area contributed by atoms with Crippen molar-refractivity contribution < 1.29 is 0 Å². The first-order chi connectivity index (χ1) is 12.7. The van der Waals surface area contributed by atoms with Crippen molar-refractivity contribution in [2.24, 2.45) is 0 Å². The molecule has 0 fully saturated rings. The van der Waals surface area contributed by atoms with E-state index in [-0.39, 0.29) is 0 Å². The van der Waals surface area contributed by atoms with Gasteiger partial charge in [-0.3, -0.25) is 4.90 Å². The predicted molar refractivity (Wildman–Crippen MR) is 111 cm³/mol. The Balaban J connectivity index is 1.64. The van der Waals surface area contributed by atoms with Gasteiger partial charge in [0.2, 0.25) is 0 Å². The maximum atomic E-state index is 2.57. The molecule has 0 atom stereocenters. The molecule has 0 unspecified atom stereocenters. The van der Waals surface area contributed by atoms with E-state index in [1.807, 2.05) is 0 Å². The molecule has 3 rings (SSSR count). The van der Waals surface area contributed by atoms with Gasteiger partial charge in [-0.1, -0.05) is 90.0 Å². The quantitative estimate of drug-likeness (QED) is 0.489. The smallest absolute Gasteiger partial charge is 0.0237 e. The summed E-state index contributed by atoms with van der Waals surface area (Å²) in [4.78, 5) is 2.57. The zero-order chi connectivity index (χ0) is 18.2. The third kappa shape index (κ3) is 5.86. The molecule has 134 valence electrons. The molecule has 3 aromatic rings. The standard InChI is InChI=1S/C25H29N/c1-21-13-15-24(16-14-21)19-26(20-25-11-6-8-22(2)18-25)17-7-12-23-9-4-3-5-10-23/h3-6,8-11,13-16,18H,7,12,17,19-20H2,1-2H3. The van der Waals surface area contributed by atoms with Gasteiger partial charge in [-0.05, 0) is 49.9 Å². The van der Waals surface area contributed by atoms with Crippen LogP contribution < -0.4 is 0 Å². The summed E-state index contributed by atoms with van der Waals surface area (Å²) >= 11 is 0. The average molecular weight is 344 g/mol. The summed E-state index contributed by atoms with van der Waals surface area (Å²) in [6.45, 7) is 7.43. The fourth-order valence-electron chi connectivity index (χ4n) is 3.39. The number of benzene rings is 3. The van der Waals surface area contributed by atoms with Crippen molar-refractivity contribution in [1.82, 2.24) is 4.90 Å². The van der Waals surface area contributed by atoms with Crippen LogP contribution in [0.1, 0.15) is 34.2 Å². The van der Waals surface area contributed by atoms with Crippen LogP contribution in [-0.4, -0.2) is 11.4 Å². The van der Waals surface area contributed by atoms with Crippen LogP contribution in [-0.2, 0) is 19.5 Å². The molecule has 0 amide bonds. The highest BCUT2D eigenvalue weighted by molar-refractivity contribution is 5.24. The highest BCUT2D eigenvalue weighted by Crippen LogP contribution is 2.14. The van der Waals surface area contributed by atoms with Crippen molar-refractivity contribution in [3.8, 4) is 0 Å². The Morgan fingerprint density at radius 1 is 0.615 bits per heavy atom. The number of hydrogen-bond acceptors (Lipinski definition) is 1. The van der Waals surface area contributed by atoms with E-state index in [9.17, 15) is 0 Å². The fourth-order valence-corrected chi connectivity index (χ4v) is 3.39. The van der Waals surface area contributed by atoms with E-state index in [1.54, 1.807) is 0 Å². The zero-order valence-corrected chi connectivity index (χ0v) is 16.0. The first kappa shape index (κ1) is 18.4. The normalized spacial score (nSPS) is 11.0. The van der Waals surface area contributed by atoms with Gasteiger partial charge in [0.25, 0.3) is 0 Å². The summed E-state index contributed by atoms with van der Waals surface area (Å²) in [6, 6.07) is 28.6. The lowest BCUT2D eigenvalue weighted by Crippen LogP contribution is -2.24. The second-order valence-corrected chi connectivity index (χ2v) is 7.27. The highest BCUT2D eigenvalue weighted by Gasteiger charge is 2.08. The van der Waals surface area contributed by atoms with Gasteiger partial charge in [-0.25, -0.2) is 0 Å². The summed E-state index contributed by atoms with van der Waals surface area (Å²) in [5.74, 6) is 0. The number of rotatable bonds is 8. The highest BCUT2D eigenvalue weighted by atomic mass is 15.1. The zero-order valence-electron chi connectivity index (χ0n) is 16.0. The van der Waals surface area contributed by atoms with Crippen LogP contribution in [0.3, 0.4) is 0 Å². The van der Waals surface area contributed by atoms with Crippen LogP contribution in [0, 0.1) is 13.8 Å². The summed E-state index contributed by atoms with van der Waals surface area (Å²) in [5.41, 5.74) is 6.88. The minimum Gasteiger partial charge on any atom is -0.295 e. The molecule has 0 spiro atoms. The van der Waals surface area contributed by atoms with Gasteiger partial charge in [-0.15, -0.1) is 0 Å². The minimum absolute atomic E-state index is 1.00. The summed E-state index contributed by atoms with van der Waals surface area (Å²) in [6.07, 6.45) is 2.32. The van der Waals surface area contributed by atoms with E-state index in [4.69, 9.17) is 0 Å². The number of nitrogens with zero attached hydrogens (tertiary/aromatic N) is 1. The lowest BCUT2D eigenvalue weighted by atomic mass is 10.1. The largest absolute Gasteiger partial charge is 0.295 e. The van der Waals surface area contributed by atoms with Gasteiger partial charge >= 0.3 is 0 Å². The van der Waals surface area contributed by atoms with Crippen LogP contribution in [0.4, 0.5) is 0 Å². The molecule has 0 saturated heterocycles. The summed E-state index contributed by atoms with van der Waals surface area (Å²) < 4.78 is 0. The van der Waals surface area contributed by atoms with Crippen molar-refractivity contribution in [3.63, 3.8) is 0 Å².